The summed E-state index contributed by atoms with van der Waals surface area (Å²) in [5.41, 5.74) is 7.14. The van der Waals surface area contributed by atoms with Gasteiger partial charge in [0.1, 0.15) is 4.90 Å². The number of nitrogen functional groups attached to an aromatic ring is 1. The second-order valence-corrected chi connectivity index (χ2v) is 9.46. The Hall–Kier alpha value is -2.09. The van der Waals surface area contributed by atoms with Crippen LogP contribution in [0.4, 0.5) is 11.4 Å². The number of sulfonamides is 1. The molecule has 1 aliphatic rings. The van der Waals surface area contributed by atoms with Crippen molar-refractivity contribution in [1.82, 2.24) is 4.31 Å². The summed E-state index contributed by atoms with van der Waals surface area (Å²) in [6.07, 6.45) is 0. The van der Waals surface area contributed by atoms with Gasteiger partial charge in [0, 0.05) is 31.4 Å². The second kappa shape index (κ2) is 7.14. The number of nitrogens with zero attached hydrogens (tertiary/aromatic N) is 2. The molecular weight excluding hydrogens is 362 g/mol. The van der Waals surface area contributed by atoms with E-state index in [4.69, 9.17) is 5.73 Å². The fourth-order valence-corrected chi connectivity index (χ4v) is 5.07. The average Bonchev–Trinajstić information content (AvgIpc) is 2.61. The molecule has 27 heavy (non-hydrogen) atoms. The average molecular weight is 390 g/mol. The van der Waals surface area contributed by atoms with Crippen LogP contribution in [0.5, 0.6) is 0 Å². The SMILES string of the molecule is C[C@H]1CN(S(=O)(=O)c2ccccc2N)CCN1c1ccc(C(C)(C)O)cc1. The predicted octanol–water partition coefficient (Wildman–Crippen LogP) is 2.40. The summed E-state index contributed by atoms with van der Waals surface area (Å²) in [7, 11) is -3.61. The number of nitrogens with two attached hydrogens (primary N) is 1. The molecule has 0 spiro atoms. The van der Waals surface area contributed by atoms with Gasteiger partial charge in [0.15, 0.2) is 0 Å². The van der Waals surface area contributed by atoms with Crippen molar-refractivity contribution in [1.29, 1.82) is 0 Å². The summed E-state index contributed by atoms with van der Waals surface area (Å²) < 4.78 is 27.4. The molecule has 0 unspecified atom stereocenters. The lowest BCUT2D eigenvalue weighted by Gasteiger charge is -2.40. The summed E-state index contributed by atoms with van der Waals surface area (Å²) in [4.78, 5) is 2.36. The zero-order valence-electron chi connectivity index (χ0n) is 16.0. The van der Waals surface area contributed by atoms with Gasteiger partial charge >= 0.3 is 0 Å². The number of hydrogen-bond acceptors (Lipinski definition) is 5. The van der Waals surface area contributed by atoms with Gasteiger partial charge in [0.2, 0.25) is 10.0 Å². The number of rotatable bonds is 4. The highest BCUT2D eigenvalue weighted by atomic mass is 32.2. The van der Waals surface area contributed by atoms with Crippen LogP contribution in [0.1, 0.15) is 26.3 Å². The normalized spacial score (nSPS) is 19.3. The van der Waals surface area contributed by atoms with Gasteiger partial charge in [-0.3, -0.25) is 0 Å². The van der Waals surface area contributed by atoms with Crippen LogP contribution in [-0.4, -0.2) is 43.5 Å². The molecule has 3 rings (SSSR count). The van der Waals surface area contributed by atoms with E-state index in [1.54, 1.807) is 38.1 Å². The Morgan fingerprint density at radius 3 is 2.26 bits per heavy atom. The van der Waals surface area contributed by atoms with Crippen molar-refractivity contribution >= 4 is 21.4 Å². The molecule has 1 atom stereocenters. The van der Waals surface area contributed by atoms with Crippen LogP contribution in [0, 0.1) is 0 Å². The number of benzene rings is 2. The first-order valence-corrected chi connectivity index (χ1v) is 10.5. The van der Waals surface area contributed by atoms with E-state index >= 15 is 0 Å². The van der Waals surface area contributed by atoms with E-state index in [1.807, 2.05) is 31.2 Å². The molecule has 6 nitrogen and oxygen atoms in total. The Labute approximate surface area is 161 Å². The Morgan fingerprint density at radius 2 is 1.70 bits per heavy atom. The lowest BCUT2D eigenvalue weighted by Crippen LogP contribution is -2.53. The summed E-state index contributed by atoms with van der Waals surface area (Å²) in [6.45, 7) is 6.90. The molecule has 0 aromatic heterocycles. The van der Waals surface area contributed by atoms with E-state index in [1.165, 1.54) is 4.31 Å². The maximum Gasteiger partial charge on any atom is 0.245 e. The van der Waals surface area contributed by atoms with Crippen LogP contribution in [0.25, 0.3) is 0 Å². The zero-order chi connectivity index (χ0) is 19.8. The van der Waals surface area contributed by atoms with Crippen LogP contribution in [-0.2, 0) is 15.6 Å². The maximum atomic E-state index is 13.0. The molecular formula is C20H27N3O3S. The van der Waals surface area contributed by atoms with Gasteiger partial charge in [-0.15, -0.1) is 0 Å². The van der Waals surface area contributed by atoms with Gasteiger partial charge in [-0.2, -0.15) is 4.31 Å². The zero-order valence-corrected chi connectivity index (χ0v) is 16.8. The Kier molecular flexibility index (Phi) is 5.20. The van der Waals surface area contributed by atoms with E-state index in [9.17, 15) is 13.5 Å². The van der Waals surface area contributed by atoms with Crippen molar-refractivity contribution in [3.8, 4) is 0 Å². The molecule has 0 aliphatic carbocycles. The largest absolute Gasteiger partial charge is 0.398 e. The van der Waals surface area contributed by atoms with E-state index in [2.05, 4.69) is 4.90 Å². The summed E-state index contributed by atoms with van der Waals surface area (Å²) >= 11 is 0. The minimum atomic E-state index is -3.61. The van der Waals surface area contributed by atoms with Crippen molar-refractivity contribution in [2.24, 2.45) is 0 Å². The van der Waals surface area contributed by atoms with Gasteiger partial charge in [-0.1, -0.05) is 24.3 Å². The molecule has 2 aromatic carbocycles. The van der Waals surface area contributed by atoms with Crippen molar-refractivity contribution in [2.75, 3.05) is 30.3 Å². The number of piperazine rings is 1. The third-order valence-corrected chi connectivity index (χ3v) is 6.97. The quantitative estimate of drug-likeness (QED) is 0.784. The lowest BCUT2D eigenvalue weighted by atomic mass is 9.98. The molecule has 7 heteroatoms. The molecule has 0 amide bonds. The van der Waals surface area contributed by atoms with Gasteiger partial charge in [-0.05, 0) is 50.6 Å². The molecule has 0 bridgehead atoms. The Balaban J connectivity index is 1.77. The summed E-state index contributed by atoms with van der Waals surface area (Å²) in [5.74, 6) is 0. The molecule has 0 radical (unpaired) electrons. The third kappa shape index (κ3) is 3.95. The highest BCUT2D eigenvalue weighted by Gasteiger charge is 2.33. The van der Waals surface area contributed by atoms with Crippen LogP contribution in [0.3, 0.4) is 0 Å². The Bertz CT molecular complexity index is 905. The molecule has 2 aromatic rings. The monoisotopic (exact) mass is 389 g/mol. The second-order valence-electron chi connectivity index (χ2n) is 7.55. The Morgan fingerprint density at radius 1 is 1.07 bits per heavy atom. The lowest BCUT2D eigenvalue weighted by molar-refractivity contribution is 0.0786. The highest BCUT2D eigenvalue weighted by molar-refractivity contribution is 7.89. The predicted molar refractivity (Wildman–Crippen MR) is 108 cm³/mol. The van der Waals surface area contributed by atoms with Crippen molar-refractivity contribution < 1.29 is 13.5 Å². The van der Waals surface area contributed by atoms with E-state index in [-0.39, 0.29) is 16.6 Å². The van der Waals surface area contributed by atoms with Crippen molar-refractivity contribution in [2.45, 2.75) is 37.3 Å². The first-order valence-electron chi connectivity index (χ1n) is 9.05. The molecule has 0 saturated carbocycles. The van der Waals surface area contributed by atoms with Gasteiger partial charge < -0.3 is 15.7 Å². The minimum Gasteiger partial charge on any atom is -0.398 e. The van der Waals surface area contributed by atoms with Crippen molar-refractivity contribution in [3.63, 3.8) is 0 Å². The number of para-hydroxylation sites is 1. The first kappa shape index (κ1) is 19.7. The first-order chi connectivity index (χ1) is 12.6. The molecule has 1 aliphatic heterocycles. The van der Waals surface area contributed by atoms with Crippen LogP contribution in [0.2, 0.25) is 0 Å². The van der Waals surface area contributed by atoms with Crippen molar-refractivity contribution in [3.05, 3.63) is 54.1 Å². The molecule has 1 fully saturated rings. The number of anilines is 2. The topological polar surface area (TPSA) is 86.9 Å². The number of aliphatic hydroxyl groups is 1. The maximum absolute atomic E-state index is 13.0. The van der Waals surface area contributed by atoms with Crippen LogP contribution in [0.15, 0.2) is 53.4 Å². The summed E-state index contributed by atoms with van der Waals surface area (Å²) in [6, 6.07) is 14.4. The minimum absolute atomic E-state index is 0.0199. The smallest absolute Gasteiger partial charge is 0.245 e. The van der Waals surface area contributed by atoms with Gasteiger partial charge in [0.25, 0.3) is 0 Å². The molecule has 3 N–H and O–H groups in total. The van der Waals surface area contributed by atoms with E-state index in [0.29, 0.717) is 19.6 Å². The molecule has 146 valence electrons. The fourth-order valence-electron chi connectivity index (χ4n) is 3.44. The third-order valence-electron chi connectivity index (χ3n) is 5.03. The summed E-state index contributed by atoms with van der Waals surface area (Å²) in [5, 5.41) is 10.1. The van der Waals surface area contributed by atoms with Crippen LogP contribution >= 0.6 is 0 Å². The van der Waals surface area contributed by atoms with Gasteiger partial charge in [0.05, 0.1) is 11.3 Å². The molecule has 1 heterocycles. The van der Waals surface area contributed by atoms with Gasteiger partial charge in [-0.25, -0.2) is 8.42 Å². The highest BCUT2D eigenvalue weighted by Crippen LogP contribution is 2.28. The van der Waals surface area contributed by atoms with E-state index < -0.39 is 15.6 Å². The van der Waals surface area contributed by atoms with Crippen LogP contribution < -0.4 is 10.6 Å². The fraction of sp³-hybridized carbons (Fsp3) is 0.400. The number of hydrogen-bond donors (Lipinski definition) is 2. The molecule has 1 saturated heterocycles. The standard InChI is InChI=1S/C20H27N3O3S/c1-15-14-22(27(25,26)19-7-5-4-6-18(19)21)12-13-23(15)17-10-8-16(9-11-17)20(2,3)24/h4-11,15,24H,12-14,21H2,1-3H3/t15-/m0/s1. The van der Waals surface area contributed by atoms with E-state index in [0.717, 1.165) is 11.3 Å².